The molecule has 2 aliphatic rings. The van der Waals surface area contributed by atoms with Crippen molar-refractivity contribution in [1.82, 2.24) is 30.9 Å². The Morgan fingerprint density at radius 2 is 2.05 bits per heavy atom. The Morgan fingerprint density at radius 3 is 2.84 bits per heavy atom. The standard InChI is InChI=1S/C25H26N8O4S/c1-32(25-26-10-16(11-27-25)24(34)31-35)13-17-9-20-21(38-17)23(33-5-7-36-8-6-33)30-22(29-20)18-4-2-3-15-12-28-37-14-19(15)18/h2-4,9-11,28,35H,5-8,12-14H2,1H3,(H,31,34). The number of aromatic nitrogens is 4. The maximum Gasteiger partial charge on any atom is 0.277 e. The third-order valence-electron chi connectivity index (χ3n) is 6.55. The van der Waals surface area contributed by atoms with Crippen LogP contribution in [0.5, 0.6) is 0 Å². The molecular weight excluding hydrogens is 508 g/mol. The number of ether oxygens (including phenoxy) is 1. The van der Waals surface area contributed by atoms with Crippen molar-refractivity contribution in [3.63, 3.8) is 0 Å². The molecular formula is C25H26N8O4S. The van der Waals surface area contributed by atoms with Crippen LogP contribution in [0.15, 0.2) is 36.7 Å². The number of morpholine rings is 1. The van der Waals surface area contributed by atoms with Gasteiger partial charge in [-0.3, -0.25) is 14.8 Å². The van der Waals surface area contributed by atoms with Gasteiger partial charge in [0.15, 0.2) is 11.6 Å². The van der Waals surface area contributed by atoms with Gasteiger partial charge in [-0.25, -0.2) is 25.4 Å². The lowest BCUT2D eigenvalue weighted by Gasteiger charge is -2.28. The van der Waals surface area contributed by atoms with Crippen LogP contribution in [0, 0.1) is 0 Å². The van der Waals surface area contributed by atoms with E-state index >= 15 is 0 Å². The molecule has 0 atom stereocenters. The number of anilines is 2. The van der Waals surface area contributed by atoms with Crippen LogP contribution in [0.4, 0.5) is 11.8 Å². The number of hydroxylamine groups is 2. The molecule has 196 valence electrons. The molecule has 6 rings (SSSR count). The maximum absolute atomic E-state index is 11.6. The molecule has 2 aliphatic heterocycles. The van der Waals surface area contributed by atoms with Gasteiger partial charge in [-0.15, -0.1) is 11.3 Å². The molecule has 5 heterocycles. The van der Waals surface area contributed by atoms with Crippen molar-refractivity contribution in [3.05, 3.63) is 58.2 Å². The van der Waals surface area contributed by atoms with E-state index in [1.54, 1.807) is 16.8 Å². The Labute approximate surface area is 222 Å². The summed E-state index contributed by atoms with van der Waals surface area (Å²) in [5, 5.41) is 8.80. The number of hydrogen-bond donors (Lipinski definition) is 3. The second-order valence-corrected chi connectivity index (χ2v) is 10.2. The molecule has 0 unspecified atom stereocenters. The van der Waals surface area contributed by atoms with Gasteiger partial charge in [0.1, 0.15) is 0 Å². The summed E-state index contributed by atoms with van der Waals surface area (Å²) in [5.74, 6) is 1.40. The van der Waals surface area contributed by atoms with Gasteiger partial charge in [0.05, 0.1) is 42.1 Å². The number of carbonyl (C=O) groups is 1. The van der Waals surface area contributed by atoms with Crippen LogP contribution in [-0.2, 0) is 29.3 Å². The number of benzene rings is 1. The molecule has 4 aromatic rings. The normalized spacial score (nSPS) is 15.4. The highest BCUT2D eigenvalue weighted by Gasteiger charge is 2.23. The van der Waals surface area contributed by atoms with E-state index in [4.69, 9.17) is 24.7 Å². The third kappa shape index (κ3) is 4.77. The van der Waals surface area contributed by atoms with Crippen molar-refractivity contribution < 1.29 is 19.6 Å². The van der Waals surface area contributed by atoms with Crippen molar-refractivity contribution in [2.45, 2.75) is 19.7 Å². The summed E-state index contributed by atoms with van der Waals surface area (Å²) in [4.78, 5) is 40.9. The van der Waals surface area contributed by atoms with Crippen LogP contribution in [0.25, 0.3) is 21.6 Å². The zero-order valence-electron chi connectivity index (χ0n) is 20.7. The number of thiophene rings is 1. The second kappa shape index (κ2) is 10.6. The molecule has 38 heavy (non-hydrogen) atoms. The number of rotatable bonds is 6. The van der Waals surface area contributed by atoms with Gasteiger partial charge in [-0.1, -0.05) is 18.2 Å². The van der Waals surface area contributed by atoms with Gasteiger partial charge in [0, 0.05) is 49.5 Å². The summed E-state index contributed by atoms with van der Waals surface area (Å²) in [6.45, 7) is 4.49. The fourth-order valence-electron chi connectivity index (χ4n) is 4.59. The fourth-order valence-corrected chi connectivity index (χ4v) is 5.76. The molecule has 1 aromatic carbocycles. The van der Waals surface area contributed by atoms with Crippen LogP contribution >= 0.6 is 11.3 Å². The summed E-state index contributed by atoms with van der Waals surface area (Å²) in [6, 6.07) is 8.27. The minimum absolute atomic E-state index is 0.175. The summed E-state index contributed by atoms with van der Waals surface area (Å²) in [5.41, 5.74) is 8.85. The average molecular weight is 535 g/mol. The number of amides is 1. The summed E-state index contributed by atoms with van der Waals surface area (Å²) >= 11 is 1.65. The van der Waals surface area contributed by atoms with E-state index in [1.807, 2.05) is 18.0 Å². The number of hydrogen-bond acceptors (Lipinski definition) is 12. The monoisotopic (exact) mass is 534 g/mol. The molecule has 0 saturated carbocycles. The second-order valence-electron chi connectivity index (χ2n) is 9.02. The first-order chi connectivity index (χ1) is 18.6. The maximum atomic E-state index is 11.6. The molecule has 1 fully saturated rings. The quantitative estimate of drug-likeness (QED) is 0.248. The van der Waals surface area contributed by atoms with Gasteiger partial charge in [-0.2, -0.15) is 5.48 Å². The van der Waals surface area contributed by atoms with Crippen molar-refractivity contribution >= 4 is 39.2 Å². The van der Waals surface area contributed by atoms with Crippen LogP contribution in [0.3, 0.4) is 0 Å². The molecule has 3 aromatic heterocycles. The van der Waals surface area contributed by atoms with Crippen molar-refractivity contribution in [3.8, 4) is 11.4 Å². The van der Waals surface area contributed by atoms with E-state index in [0.717, 1.165) is 45.1 Å². The number of carbonyl (C=O) groups excluding carboxylic acids is 1. The predicted octanol–water partition coefficient (Wildman–Crippen LogP) is 2.28. The fraction of sp³-hybridized carbons (Fsp3) is 0.320. The average Bonchev–Trinajstić information content (AvgIpc) is 3.38. The van der Waals surface area contributed by atoms with Crippen LogP contribution in [0.2, 0.25) is 0 Å². The highest BCUT2D eigenvalue weighted by molar-refractivity contribution is 7.19. The van der Waals surface area contributed by atoms with Crippen LogP contribution in [0.1, 0.15) is 26.4 Å². The van der Waals surface area contributed by atoms with Gasteiger partial charge in [0.2, 0.25) is 5.95 Å². The van der Waals surface area contributed by atoms with Gasteiger partial charge in [0.25, 0.3) is 5.91 Å². The highest BCUT2D eigenvalue weighted by Crippen LogP contribution is 2.36. The number of nitrogens with one attached hydrogen (secondary N) is 2. The molecule has 0 bridgehead atoms. The zero-order valence-corrected chi connectivity index (χ0v) is 21.5. The summed E-state index contributed by atoms with van der Waals surface area (Å²) in [6.07, 6.45) is 2.76. The minimum Gasteiger partial charge on any atom is -0.378 e. The van der Waals surface area contributed by atoms with E-state index in [2.05, 4.69) is 38.5 Å². The topological polar surface area (TPSA) is 138 Å². The van der Waals surface area contributed by atoms with Crippen LogP contribution in [-0.4, -0.2) is 64.4 Å². The lowest BCUT2D eigenvalue weighted by Crippen LogP contribution is -2.36. The van der Waals surface area contributed by atoms with E-state index in [1.165, 1.54) is 18.0 Å². The highest BCUT2D eigenvalue weighted by atomic mass is 32.1. The SMILES string of the molecule is CN(Cc1cc2nc(-c3cccc4c3CONC4)nc(N3CCOCC3)c2s1)c1ncc(C(=O)NO)cn1. The molecule has 3 N–H and O–H groups in total. The number of fused-ring (bicyclic) bond motifs is 2. The first kappa shape index (κ1) is 24.6. The van der Waals surface area contributed by atoms with Gasteiger partial charge in [-0.05, 0) is 17.2 Å². The molecule has 1 saturated heterocycles. The lowest BCUT2D eigenvalue weighted by atomic mass is 10.00. The summed E-state index contributed by atoms with van der Waals surface area (Å²) < 4.78 is 6.62. The third-order valence-corrected chi connectivity index (χ3v) is 7.65. The number of nitrogens with zero attached hydrogens (tertiary/aromatic N) is 6. The Bertz CT molecular complexity index is 1470. The van der Waals surface area contributed by atoms with E-state index in [-0.39, 0.29) is 5.56 Å². The van der Waals surface area contributed by atoms with Gasteiger partial charge >= 0.3 is 0 Å². The van der Waals surface area contributed by atoms with Crippen molar-refractivity contribution in [2.75, 3.05) is 43.2 Å². The van der Waals surface area contributed by atoms with Crippen LogP contribution < -0.4 is 20.8 Å². The smallest absolute Gasteiger partial charge is 0.277 e. The Balaban J connectivity index is 1.36. The van der Waals surface area contributed by atoms with E-state index in [9.17, 15) is 4.79 Å². The molecule has 0 radical (unpaired) electrons. The van der Waals surface area contributed by atoms with E-state index in [0.29, 0.717) is 44.7 Å². The van der Waals surface area contributed by atoms with Crippen molar-refractivity contribution in [2.24, 2.45) is 0 Å². The molecule has 0 aliphatic carbocycles. The first-order valence-corrected chi connectivity index (χ1v) is 13.0. The lowest BCUT2D eigenvalue weighted by molar-refractivity contribution is 0.0111. The predicted molar refractivity (Wildman–Crippen MR) is 141 cm³/mol. The van der Waals surface area contributed by atoms with Gasteiger partial charge < -0.3 is 14.5 Å². The largest absolute Gasteiger partial charge is 0.378 e. The molecule has 13 heteroatoms. The first-order valence-electron chi connectivity index (χ1n) is 12.2. The molecule has 1 amide bonds. The minimum atomic E-state index is -0.656. The Kier molecular flexibility index (Phi) is 6.82. The molecule has 12 nitrogen and oxygen atoms in total. The van der Waals surface area contributed by atoms with Crippen molar-refractivity contribution in [1.29, 1.82) is 0 Å². The summed E-state index contributed by atoms with van der Waals surface area (Å²) in [7, 11) is 1.88. The Morgan fingerprint density at radius 1 is 1.24 bits per heavy atom. The zero-order chi connectivity index (χ0) is 26.1. The van der Waals surface area contributed by atoms with E-state index < -0.39 is 5.91 Å². The Hall–Kier alpha value is -3.75. The molecule has 0 spiro atoms.